The molecule has 0 aromatic heterocycles. The molecule has 4 nitrogen and oxygen atoms in total. The van der Waals surface area contributed by atoms with E-state index in [-0.39, 0.29) is 11.8 Å². The van der Waals surface area contributed by atoms with Crippen LogP contribution < -0.4 is 10.0 Å². The van der Waals surface area contributed by atoms with E-state index in [0.717, 1.165) is 25.9 Å². The smallest absolute Gasteiger partial charge is 0.211 e. The van der Waals surface area contributed by atoms with Crippen LogP contribution in [0.2, 0.25) is 0 Å². The zero-order valence-electron chi connectivity index (χ0n) is 7.34. The van der Waals surface area contributed by atoms with Crippen molar-refractivity contribution in [1.82, 2.24) is 10.0 Å². The third-order valence-corrected chi connectivity index (χ3v) is 3.36. The molecule has 1 atom stereocenters. The van der Waals surface area contributed by atoms with E-state index in [1.54, 1.807) is 0 Å². The minimum atomic E-state index is -2.92. The van der Waals surface area contributed by atoms with Crippen LogP contribution in [0.1, 0.15) is 19.8 Å². The zero-order chi connectivity index (χ0) is 9.03. The van der Waals surface area contributed by atoms with E-state index >= 15 is 0 Å². The molecule has 0 aromatic carbocycles. The van der Waals surface area contributed by atoms with Crippen LogP contribution in [0, 0.1) is 0 Å². The summed E-state index contributed by atoms with van der Waals surface area (Å²) in [6.07, 6.45) is 1.82. The minimum absolute atomic E-state index is 0.113. The van der Waals surface area contributed by atoms with E-state index in [0.29, 0.717) is 0 Å². The molecule has 0 saturated carbocycles. The summed E-state index contributed by atoms with van der Waals surface area (Å²) in [4.78, 5) is 0. The van der Waals surface area contributed by atoms with Crippen LogP contribution in [0.3, 0.4) is 0 Å². The van der Waals surface area contributed by atoms with Crippen LogP contribution >= 0.6 is 0 Å². The molecule has 0 aromatic rings. The Morgan fingerprint density at radius 3 is 2.83 bits per heavy atom. The third kappa shape index (κ3) is 3.08. The molecule has 5 heteroatoms. The second kappa shape index (κ2) is 4.20. The van der Waals surface area contributed by atoms with Gasteiger partial charge in [-0.3, -0.25) is 0 Å². The SMILES string of the molecule is CCCNCC1CCS(=O)(=O)N1. The Bertz CT molecular complexity index is 226. The number of rotatable bonds is 4. The van der Waals surface area contributed by atoms with Crippen LogP contribution in [0.15, 0.2) is 0 Å². The molecule has 0 amide bonds. The summed E-state index contributed by atoms with van der Waals surface area (Å²) in [5, 5.41) is 3.19. The molecule has 12 heavy (non-hydrogen) atoms. The van der Waals surface area contributed by atoms with Crippen molar-refractivity contribution < 1.29 is 8.42 Å². The van der Waals surface area contributed by atoms with Crippen molar-refractivity contribution in [2.75, 3.05) is 18.8 Å². The molecule has 0 radical (unpaired) electrons. The van der Waals surface area contributed by atoms with E-state index in [9.17, 15) is 8.42 Å². The highest BCUT2D eigenvalue weighted by Crippen LogP contribution is 2.05. The fraction of sp³-hybridized carbons (Fsp3) is 1.00. The molecule has 1 heterocycles. The minimum Gasteiger partial charge on any atom is -0.315 e. The molecule has 0 aliphatic carbocycles. The lowest BCUT2D eigenvalue weighted by molar-refractivity contribution is 0.543. The molecule has 0 spiro atoms. The summed E-state index contributed by atoms with van der Waals surface area (Å²) >= 11 is 0. The fourth-order valence-corrected chi connectivity index (χ4v) is 2.69. The predicted octanol–water partition coefficient (Wildman–Crippen LogP) is -0.322. The molecule has 1 saturated heterocycles. The third-order valence-electron chi connectivity index (χ3n) is 1.90. The van der Waals surface area contributed by atoms with Gasteiger partial charge in [0.05, 0.1) is 5.75 Å². The largest absolute Gasteiger partial charge is 0.315 e. The Labute approximate surface area is 73.8 Å². The molecule has 1 fully saturated rings. The average molecular weight is 192 g/mol. The van der Waals surface area contributed by atoms with Crippen LogP contribution in [0.25, 0.3) is 0 Å². The summed E-state index contributed by atoms with van der Waals surface area (Å²) in [7, 11) is -2.92. The normalized spacial score (nSPS) is 27.6. The van der Waals surface area contributed by atoms with E-state index < -0.39 is 10.0 Å². The van der Waals surface area contributed by atoms with E-state index in [1.165, 1.54) is 0 Å². The van der Waals surface area contributed by atoms with Gasteiger partial charge >= 0.3 is 0 Å². The van der Waals surface area contributed by atoms with E-state index in [1.807, 2.05) is 0 Å². The fourth-order valence-electron chi connectivity index (χ4n) is 1.27. The van der Waals surface area contributed by atoms with Crippen molar-refractivity contribution in [2.45, 2.75) is 25.8 Å². The van der Waals surface area contributed by atoms with Crippen molar-refractivity contribution in [3.05, 3.63) is 0 Å². The first-order valence-corrected chi connectivity index (χ1v) is 6.00. The first-order chi connectivity index (χ1) is 5.64. The maximum absolute atomic E-state index is 10.9. The Kier molecular flexibility index (Phi) is 3.49. The molecule has 1 aliphatic rings. The monoisotopic (exact) mass is 192 g/mol. The van der Waals surface area contributed by atoms with Gasteiger partial charge in [0.1, 0.15) is 0 Å². The van der Waals surface area contributed by atoms with Crippen molar-refractivity contribution in [1.29, 1.82) is 0 Å². The molecule has 1 unspecified atom stereocenters. The van der Waals surface area contributed by atoms with Gasteiger partial charge in [-0.25, -0.2) is 13.1 Å². The van der Waals surface area contributed by atoms with Gasteiger partial charge in [-0.15, -0.1) is 0 Å². The van der Waals surface area contributed by atoms with Gasteiger partial charge < -0.3 is 5.32 Å². The molecule has 2 N–H and O–H groups in total. The summed E-state index contributed by atoms with van der Waals surface area (Å²) in [5.74, 6) is 0.283. The van der Waals surface area contributed by atoms with E-state index in [2.05, 4.69) is 17.0 Å². The maximum atomic E-state index is 10.9. The molecule has 1 aliphatic heterocycles. The second-order valence-electron chi connectivity index (χ2n) is 3.13. The first-order valence-electron chi connectivity index (χ1n) is 4.35. The van der Waals surface area contributed by atoms with Gasteiger partial charge in [-0.1, -0.05) is 6.92 Å². The van der Waals surface area contributed by atoms with Crippen LogP contribution in [-0.4, -0.2) is 33.3 Å². The van der Waals surface area contributed by atoms with Crippen LogP contribution in [0.4, 0.5) is 0 Å². The summed E-state index contributed by atoms with van der Waals surface area (Å²) in [6, 6.07) is 0.113. The first kappa shape index (κ1) is 9.95. The molecular weight excluding hydrogens is 176 g/mol. The predicted molar refractivity (Wildman–Crippen MR) is 48.5 cm³/mol. The Morgan fingerprint density at radius 1 is 1.58 bits per heavy atom. The van der Waals surface area contributed by atoms with Gasteiger partial charge in [0.15, 0.2) is 0 Å². The van der Waals surface area contributed by atoms with Gasteiger partial charge in [0.25, 0.3) is 0 Å². The number of nitrogens with one attached hydrogen (secondary N) is 2. The Hall–Kier alpha value is -0.130. The average Bonchev–Trinajstić information content (AvgIpc) is 2.31. The van der Waals surface area contributed by atoms with Crippen LogP contribution in [0.5, 0.6) is 0 Å². The van der Waals surface area contributed by atoms with Crippen molar-refractivity contribution in [2.24, 2.45) is 0 Å². The van der Waals surface area contributed by atoms with Crippen molar-refractivity contribution in [3.63, 3.8) is 0 Å². The lowest BCUT2D eigenvalue weighted by Crippen LogP contribution is -2.35. The van der Waals surface area contributed by atoms with E-state index in [4.69, 9.17) is 0 Å². The lowest BCUT2D eigenvalue weighted by atomic mass is 10.2. The highest BCUT2D eigenvalue weighted by atomic mass is 32.2. The molecule has 0 bridgehead atoms. The molecule has 1 rings (SSSR count). The van der Waals surface area contributed by atoms with Gasteiger partial charge in [-0.2, -0.15) is 0 Å². The molecule has 72 valence electrons. The quantitative estimate of drug-likeness (QED) is 0.600. The lowest BCUT2D eigenvalue weighted by Gasteiger charge is -2.08. The highest BCUT2D eigenvalue weighted by molar-refractivity contribution is 7.89. The number of hydrogen-bond donors (Lipinski definition) is 2. The van der Waals surface area contributed by atoms with Gasteiger partial charge in [0, 0.05) is 12.6 Å². The second-order valence-corrected chi connectivity index (χ2v) is 5.00. The summed E-state index contributed by atoms with van der Waals surface area (Å²) in [5.41, 5.74) is 0. The summed E-state index contributed by atoms with van der Waals surface area (Å²) < 4.78 is 24.5. The topological polar surface area (TPSA) is 58.2 Å². The van der Waals surface area contributed by atoms with Crippen molar-refractivity contribution in [3.8, 4) is 0 Å². The van der Waals surface area contributed by atoms with Gasteiger partial charge in [-0.05, 0) is 19.4 Å². The van der Waals surface area contributed by atoms with Gasteiger partial charge in [0.2, 0.25) is 10.0 Å². The zero-order valence-corrected chi connectivity index (χ0v) is 8.15. The maximum Gasteiger partial charge on any atom is 0.211 e. The Morgan fingerprint density at radius 2 is 2.33 bits per heavy atom. The Balaban J connectivity index is 2.20. The molecular formula is C7H16N2O2S. The van der Waals surface area contributed by atoms with Crippen molar-refractivity contribution >= 4 is 10.0 Å². The van der Waals surface area contributed by atoms with Crippen LogP contribution in [-0.2, 0) is 10.0 Å². The standard InChI is InChI=1S/C7H16N2O2S/c1-2-4-8-6-7-3-5-12(10,11)9-7/h7-9H,2-6H2,1H3. The summed E-state index contributed by atoms with van der Waals surface area (Å²) in [6.45, 7) is 3.80. The number of hydrogen-bond acceptors (Lipinski definition) is 3. The highest BCUT2D eigenvalue weighted by Gasteiger charge is 2.25. The number of sulfonamides is 1.